The van der Waals surface area contributed by atoms with Crippen LogP contribution >= 0.6 is 0 Å². The van der Waals surface area contributed by atoms with Crippen LogP contribution in [0, 0.1) is 4.78 Å². The van der Waals surface area contributed by atoms with Crippen LogP contribution in [0.25, 0.3) is 0 Å². The van der Waals surface area contributed by atoms with E-state index in [4.69, 9.17) is 9.76 Å². The highest BCUT2D eigenvalue weighted by Gasteiger charge is 2.29. The molecule has 0 spiro atoms. The molecule has 2 unspecified atom stereocenters. The van der Waals surface area contributed by atoms with E-state index in [9.17, 15) is 9.00 Å². The van der Waals surface area contributed by atoms with Crippen LogP contribution in [-0.2, 0) is 29.2 Å². The number of anilines is 1. The average Bonchev–Trinajstić information content (AvgIpc) is 3.06. The summed E-state index contributed by atoms with van der Waals surface area (Å²) in [6.07, 6.45) is 4.80. The Morgan fingerprint density at radius 3 is 2.91 bits per heavy atom. The van der Waals surface area contributed by atoms with Crippen molar-refractivity contribution >= 4 is 21.6 Å². The summed E-state index contributed by atoms with van der Waals surface area (Å²) in [5.41, 5.74) is 5.15. The molecular weight excluding hydrogens is 300 g/mol. The van der Waals surface area contributed by atoms with E-state index in [2.05, 4.69) is 23.5 Å². The van der Waals surface area contributed by atoms with Crippen LogP contribution in [0.1, 0.15) is 48.2 Å². The zero-order valence-corrected chi connectivity index (χ0v) is 13.4. The van der Waals surface area contributed by atoms with Gasteiger partial charge in [-0.05, 0) is 49.1 Å². The van der Waals surface area contributed by atoms with Gasteiger partial charge in [0.25, 0.3) is 0 Å². The smallest absolute Gasteiger partial charge is 0.307 e. The maximum atomic E-state index is 12.1. The minimum Gasteiger partial charge on any atom is -0.307 e. The van der Waals surface area contributed by atoms with Crippen molar-refractivity contribution in [1.82, 2.24) is 9.71 Å². The van der Waals surface area contributed by atoms with E-state index in [0.29, 0.717) is 5.92 Å². The first kappa shape index (κ1) is 15.0. The lowest BCUT2D eigenvalue weighted by molar-refractivity contribution is 0.257. The first-order chi connectivity index (χ1) is 10.4. The van der Waals surface area contributed by atoms with Crippen molar-refractivity contribution in [3.8, 4) is 0 Å². The highest BCUT2D eigenvalue weighted by molar-refractivity contribution is 7.93. The number of aryl methyl sites for hydroxylation is 1. The largest absolute Gasteiger partial charge is 0.331 e. The zero-order chi connectivity index (χ0) is 15.9. The molecule has 6 nitrogen and oxygen atoms in total. The summed E-state index contributed by atoms with van der Waals surface area (Å²) in [6, 6.07) is -0.623. The van der Waals surface area contributed by atoms with E-state index in [1.807, 2.05) is 0 Å². The van der Waals surface area contributed by atoms with Crippen molar-refractivity contribution in [3.63, 3.8) is 0 Å². The Bertz CT molecular complexity index is 755. The molecule has 3 N–H and O–H groups in total. The fourth-order valence-corrected chi connectivity index (χ4v) is 3.68. The molecular formula is C15H20N4O2S. The molecule has 2 amide bonds. The molecule has 1 aromatic rings. The molecule has 2 atom stereocenters. The van der Waals surface area contributed by atoms with E-state index >= 15 is 0 Å². The van der Waals surface area contributed by atoms with Crippen molar-refractivity contribution in [3.05, 3.63) is 34.5 Å². The highest BCUT2D eigenvalue weighted by Crippen LogP contribution is 2.41. The van der Waals surface area contributed by atoms with Crippen LogP contribution in [-0.4, -0.2) is 15.2 Å². The summed E-state index contributed by atoms with van der Waals surface area (Å²) in [5.74, 6) is 0.401. The number of nitrogens with one attached hydrogen (secondary N) is 3. The van der Waals surface area contributed by atoms with Gasteiger partial charge in [-0.3, -0.25) is 4.98 Å². The van der Waals surface area contributed by atoms with E-state index in [1.54, 1.807) is 0 Å². The second kappa shape index (κ2) is 5.39. The van der Waals surface area contributed by atoms with Gasteiger partial charge in [0, 0.05) is 16.8 Å². The summed E-state index contributed by atoms with van der Waals surface area (Å²) >= 11 is 0. The monoisotopic (exact) mass is 320 g/mol. The molecule has 1 aromatic heterocycles. The minimum atomic E-state index is -3.29. The van der Waals surface area contributed by atoms with Crippen LogP contribution in [0.2, 0.25) is 0 Å². The maximum Gasteiger partial charge on any atom is 0.331 e. The van der Waals surface area contributed by atoms with Gasteiger partial charge in [-0.25, -0.2) is 18.5 Å². The molecule has 0 aromatic carbocycles. The predicted molar refractivity (Wildman–Crippen MR) is 86.2 cm³/mol. The van der Waals surface area contributed by atoms with Gasteiger partial charge >= 0.3 is 6.03 Å². The number of carbonyl (C=O) groups is 1. The van der Waals surface area contributed by atoms with Gasteiger partial charge in [-0.2, -0.15) is 0 Å². The van der Waals surface area contributed by atoms with E-state index in [0.717, 1.165) is 65.7 Å². The number of fused-ring (bicyclic) bond motifs is 2. The predicted octanol–water partition coefficient (Wildman–Crippen LogP) is 2.85. The van der Waals surface area contributed by atoms with Gasteiger partial charge in [-0.1, -0.05) is 13.5 Å². The van der Waals surface area contributed by atoms with Gasteiger partial charge in [0.05, 0.1) is 5.69 Å². The van der Waals surface area contributed by atoms with Crippen LogP contribution in [0.4, 0.5) is 10.5 Å². The van der Waals surface area contributed by atoms with Crippen LogP contribution in [0.3, 0.4) is 0 Å². The second-order valence-electron chi connectivity index (χ2n) is 5.89. The molecule has 0 bridgehead atoms. The second-order valence-corrected chi connectivity index (χ2v) is 7.63. The van der Waals surface area contributed by atoms with Gasteiger partial charge in [0.2, 0.25) is 0 Å². The molecule has 22 heavy (non-hydrogen) atoms. The Hall–Kier alpha value is -1.89. The normalized spacial score (nSPS) is 21.6. The van der Waals surface area contributed by atoms with Gasteiger partial charge in [-0.15, -0.1) is 0 Å². The fourth-order valence-electron chi connectivity index (χ4n) is 3.27. The summed E-state index contributed by atoms with van der Waals surface area (Å²) < 4.78 is 21.2. The SMILES string of the molecule is C=CS(=N)(=O)NC(=O)Nc1c2c(nc3c1CCC3C)CCC2. The number of urea groups is 1. The summed E-state index contributed by atoms with van der Waals surface area (Å²) in [6.45, 7) is 5.45. The summed E-state index contributed by atoms with van der Waals surface area (Å²) in [7, 11) is -3.29. The molecule has 2 aliphatic rings. The van der Waals surface area contributed by atoms with E-state index in [-0.39, 0.29) is 0 Å². The molecule has 0 radical (unpaired) electrons. The maximum absolute atomic E-state index is 12.1. The summed E-state index contributed by atoms with van der Waals surface area (Å²) in [5, 5.41) is 3.76. The molecule has 0 saturated carbocycles. The lowest BCUT2D eigenvalue weighted by Gasteiger charge is -2.16. The number of aromatic nitrogens is 1. The Balaban J connectivity index is 1.96. The molecule has 0 fully saturated rings. The van der Waals surface area contributed by atoms with Gasteiger partial charge < -0.3 is 5.32 Å². The topological polar surface area (TPSA) is 94.9 Å². The number of rotatable bonds is 3. The molecule has 0 aliphatic heterocycles. The van der Waals surface area contributed by atoms with Crippen molar-refractivity contribution in [2.75, 3.05) is 5.32 Å². The third-order valence-corrected chi connectivity index (χ3v) is 5.33. The summed E-state index contributed by atoms with van der Waals surface area (Å²) in [4.78, 5) is 16.9. The highest BCUT2D eigenvalue weighted by atomic mass is 32.2. The number of hydrogen-bond donors (Lipinski definition) is 3. The van der Waals surface area contributed by atoms with E-state index < -0.39 is 15.9 Å². The minimum absolute atomic E-state index is 0.401. The van der Waals surface area contributed by atoms with Crippen molar-refractivity contribution in [1.29, 1.82) is 4.78 Å². The van der Waals surface area contributed by atoms with Crippen LogP contribution in [0.5, 0.6) is 0 Å². The standard InChI is InChI=1S/C15H20N4O2S/c1-3-22(16,21)19-15(20)18-14-10-5-4-6-12(10)17-13-9(2)7-8-11(13)14/h3,9H,1,4-8H2,2H3,(H3,16,17,18,19,20,21). The number of nitrogens with zero attached hydrogens (tertiary/aromatic N) is 1. The molecule has 2 aliphatic carbocycles. The van der Waals surface area contributed by atoms with Gasteiger partial charge in [0.15, 0.2) is 9.92 Å². The number of amides is 2. The Morgan fingerprint density at radius 1 is 1.41 bits per heavy atom. The first-order valence-electron chi connectivity index (χ1n) is 7.46. The van der Waals surface area contributed by atoms with E-state index in [1.165, 1.54) is 0 Å². The fraction of sp³-hybridized carbons (Fsp3) is 0.467. The van der Waals surface area contributed by atoms with Gasteiger partial charge in [0.1, 0.15) is 0 Å². The third-order valence-electron chi connectivity index (χ3n) is 4.37. The molecule has 118 valence electrons. The number of carbonyl (C=O) groups excluding carboxylic acids is 1. The van der Waals surface area contributed by atoms with Crippen LogP contribution < -0.4 is 10.0 Å². The van der Waals surface area contributed by atoms with Crippen molar-refractivity contribution < 1.29 is 9.00 Å². The Labute approximate surface area is 130 Å². The van der Waals surface area contributed by atoms with Crippen LogP contribution in [0.15, 0.2) is 12.0 Å². The first-order valence-corrected chi connectivity index (χ1v) is 9.08. The number of pyridine rings is 1. The lowest BCUT2D eigenvalue weighted by Crippen LogP contribution is -2.33. The van der Waals surface area contributed by atoms with Crippen molar-refractivity contribution in [2.24, 2.45) is 0 Å². The average molecular weight is 320 g/mol. The molecule has 7 heteroatoms. The quantitative estimate of drug-likeness (QED) is 0.799. The molecule has 1 heterocycles. The Kier molecular flexibility index (Phi) is 3.68. The number of hydrogen-bond acceptors (Lipinski definition) is 4. The van der Waals surface area contributed by atoms with Crippen molar-refractivity contribution in [2.45, 2.75) is 44.9 Å². The zero-order valence-electron chi connectivity index (χ0n) is 12.6. The lowest BCUT2D eigenvalue weighted by atomic mass is 10.0. The Morgan fingerprint density at radius 2 is 2.18 bits per heavy atom. The molecule has 3 rings (SSSR count). The third kappa shape index (κ3) is 2.61. The molecule has 0 saturated heterocycles.